The summed E-state index contributed by atoms with van der Waals surface area (Å²) in [6, 6.07) is 15.8. The number of phenols is 1. The van der Waals surface area contributed by atoms with Crippen molar-refractivity contribution < 1.29 is 34.0 Å². The molecule has 4 aromatic rings. The molecule has 2 N–H and O–H groups in total. The fraction of sp³-hybridized carbons (Fsp3) is 0.138. The average molecular weight is 534 g/mol. The molecule has 9 heteroatoms. The van der Waals surface area contributed by atoms with E-state index < -0.39 is 18.2 Å². The second-order valence-corrected chi connectivity index (χ2v) is 8.93. The van der Waals surface area contributed by atoms with E-state index in [4.69, 9.17) is 25.8 Å². The Morgan fingerprint density at radius 2 is 1.42 bits per heavy atom. The van der Waals surface area contributed by atoms with Gasteiger partial charge >= 0.3 is 11.9 Å². The third kappa shape index (κ3) is 5.77. The molecule has 38 heavy (non-hydrogen) atoms. The van der Waals surface area contributed by atoms with Crippen molar-refractivity contribution in [1.82, 2.24) is 4.98 Å². The number of hydrogen-bond acceptors (Lipinski definition) is 8. The van der Waals surface area contributed by atoms with Gasteiger partial charge in [-0.2, -0.15) is 0 Å². The molecule has 0 fully saturated rings. The molecule has 1 heterocycles. The van der Waals surface area contributed by atoms with Crippen LogP contribution in [0.1, 0.15) is 49.3 Å². The molecule has 4 rings (SSSR count). The monoisotopic (exact) mass is 533 g/mol. The summed E-state index contributed by atoms with van der Waals surface area (Å²) in [6.07, 6.45) is 1.13. The summed E-state index contributed by atoms with van der Waals surface area (Å²) in [5.41, 5.74) is 1.91. The summed E-state index contributed by atoms with van der Waals surface area (Å²) in [7, 11) is 0. The Balaban J connectivity index is 1.63. The van der Waals surface area contributed by atoms with Gasteiger partial charge < -0.3 is 24.4 Å². The Bertz CT molecular complexity index is 1500. The zero-order valence-electron chi connectivity index (χ0n) is 20.8. The van der Waals surface area contributed by atoms with Crippen LogP contribution in [0.2, 0.25) is 5.02 Å². The standard InChI is InChI=1S/C29H24ClNO7/c1-16-7-4-10-21(32)24(16)27(33)37-23-12-6-9-18(3)26(23)29(35)38-22-11-5-8-17(2)25(22)28(34)36-20-13-19(30)14-31-15-20/h4-15,29,32,35H,1-3H3. The van der Waals surface area contributed by atoms with Gasteiger partial charge in [0.15, 0.2) is 5.75 Å². The minimum absolute atomic E-state index is 0.00888. The number of aromatic nitrogens is 1. The van der Waals surface area contributed by atoms with Gasteiger partial charge in [0.1, 0.15) is 28.4 Å². The molecule has 1 aromatic heterocycles. The van der Waals surface area contributed by atoms with Gasteiger partial charge in [0.25, 0.3) is 0 Å². The molecule has 1 unspecified atom stereocenters. The van der Waals surface area contributed by atoms with Crippen molar-refractivity contribution in [3.8, 4) is 23.0 Å². The molecule has 194 valence electrons. The molecule has 0 aliphatic carbocycles. The lowest BCUT2D eigenvalue weighted by atomic mass is 10.1. The number of aromatic hydroxyl groups is 1. The van der Waals surface area contributed by atoms with Crippen molar-refractivity contribution in [3.05, 3.63) is 111 Å². The van der Waals surface area contributed by atoms with E-state index in [0.29, 0.717) is 21.7 Å². The lowest BCUT2D eigenvalue weighted by Crippen LogP contribution is -2.17. The highest BCUT2D eigenvalue weighted by molar-refractivity contribution is 6.30. The number of aliphatic hydroxyl groups excluding tert-OH is 1. The zero-order chi connectivity index (χ0) is 27.4. The van der Waals surface area contributed by atoms with Crippen molar-refractivity contribution in [2.75, 3.05) is 0 Å². The van der Waals surface area contributed by atoms with Gasteiger partial charge in [-0.3, -0.25) is 4.98 Å². The van der Waals surface area contributed by atoms with E-state index in [1.165, 1.54) is 36.7 Å². The smallest absolute Gasteiger partial charge is 0.347 e. The molecule has 0 aliphatic heterocycles. The summed E-state index contributed by atoms with van der Waals surface area (Å²) in [5.74, 6) is -1.53. The Kier molecular flexibility index (Phi) is 7.95. The van der Waals surface area contributed by atoms with Crippen molar-refractivity contribution in [3.63, 3.8) is 0 Å². The summed E-state index contributed by atoms with van der Waals surface area (Å²) in [5, 5.41) is 21.6. The molecule has 1 atom stereocenters. The average Bonchev–Trinajstić information content (AvgIpc) is 2.84. The number of carbonyl (C=O) groups excluding carboxylic acids is 2. The first-order valence-electron chi connectivity index (χ1n) is 11.5. The maximum atomic E-state index is 13.0. The highest BCUT2D eigenvalue weighted by Gasteiger charge is 2.25. The first-order chi connectivity index (χ1) is 18.2. The number of aryl methyl sites for hydroxylation is 3. The summed E-state index contributed by atoms with van der Waals surface area (Å²) in [4.78, 5) is 29.8. The molecule has 0 saturated heterocycles. The van der Waals surface area contributed by atoms with E-state index >= 15 is 0 Å². The maximum absolute atomic E-state index is 13.0. The summed E-state index contributed by atoms with van der Waals surface area (Å²) in [6.45, 7) is 5.08. The van der Waals surface area contributed by atoms with Gasteiger partial charge in [0, 0.05) is 12.3 Å². The van der Waals surface area contributed by atoms with Crippen LogP contribution in [0.3, 0.4) is 0 Å². The maximum Gasteiger partial charge on any atom is 0.347 e. The number of esters is 2. The number of nitrogens with zero attached hydrogens (tertiary/aromatic N) is 1. The van der Waals surface area contributed by atoms with E-state index in [1.54, 1.807) is 57.2 Å². The van der Waals surface area contributed by atoms with Crippen LogP contribution in [0, 0.1) is 20.8 Å². The van der Waals surface area contributed by atoms with Crippen molar-refractivity contribution in [2.24, 2.45) is 0 Å². The number of carbonyl (C=O) groups is 2. The van der Waals surface area contributed by atoms with Crippen LogP contribution in [-0.2, 0) is 0 Å². The van der Waals surface area contributed by atoms with Crippen LogP contribution >= 0.6 is 11.6 Å². The number of pyridine rings is 1. The van der Waals surface area contributed by atoms with E-state index in [2.05, 4.69) is 4.98 Å². The number of hydrogen-bond donors (Lipinski definition) is 2. The molecule has 0 bridgehead atoms. The molecular formula is C29H24ClNO7. The first kappa shape index (κ1) is 26.7. The van der Waals surface area contributed by atoms with E-state index in [0.717, 1.165) is 0 Å². The van der Waals surface area contributed by atoms with Crippen molar-refractivity contribution in [2.45, 2.75) is 27.1 Å². The SMILES string of the molecule is Cc1cccc(O)c1C(=O)Oc1cccc(C)c1C(O)Oc1cccc(C)c1C(=O)Oc1cncc(Cl)c1. The predicted octanol–water partition coefficient (Wildman–Crippen LogP) is 5.87. The zero-order valence-corrected chi connectivity index (χ0v) is 21.5. The van der Waals surface area contributed by atoms with Crippen molar-refractivity contribution in [1.29, 1.82) is 0 Å². The fourth-order valence-corrected chi connectivity index (χ4v) is 4.08. The van der Waals surface area contributed by atoms with Gasteiger partial charge in [0.2, 0.25) is 6.29 Å². The van der Waals surface area contributed by atoms with E-state index in [9.17, 15) is 19.8 Å². The highest BCUT2D eigenvalue weighted by Crippen LogP contribution is 2.34. The van der Waals surface area contributed by atoms with Gasteiger partial charge in [-0.25, -0.2) is 9.59 Å². The molecule has 3 aromatic carbocycles. The number of phenolic OH excluding ortho intramolecular Hbond substituents is 1. The second-order valence-electron chi connectivity index (χ2n) is 8.49. The third-order valence-electron chi connectivity index (χ3n) is 5.76. The lowest BCUT2D eigenvalue weighted by molar-refractivity contribution is -0.0220. The number of aliphatic hydroxyl groups is 1. The van der Waals surface area contributed by atoms with Gasteiger partial charge in [-0.05, 0) is 55.7 Å². The molecule has 0 spiro atoms. The van der Waals surface area contributed by atoms with Gasteiger partial charge in [-0.15, -0.1) is 0 Å². The first-order valence-corrected chi connectivity index (χ1v) is 11.9. The van der Waals surface area contributed by atoms with Crippen LogP contribution in [0.25, 0.3) is 0 Å². The normalized spacial score (nSPS) is 11.5. The molecule has 0 saturated carbocycles. The third-order valence-corrected chi connectivity index (χ3v) is 5.96. The van der Waals surface area contributed by atoms with E-state index in [1.807, 2.05) is 0 Å². The van der Waals surface area contributed by atoms with Crippen LogP contribution in [0.15, 0.2) is 73.1 Å². The summed E-state index contributed by atoms with van der Waals surface area (Å²) < 4.78 is 16.8. The second kappa shape index (κ2) is 11.3. The minimum atomic E-state index is -1.62. The molecule has 0 radical (unpaired) electrons. The van der Waals surface area contributed by atoms with Gasteiger partial charge in [-0.1, -0.05) is 48.0 Å². The quantitative estimate of drug-likeness (QED) is 0.172. The molecular weight excluding hydrogens is 510 g/mol. The Morgan fingerprint density at radius 3 is 2.11 bits per heavy atom. The Hall–Kier alpha value is -4.40. The minimum Gasteiger partial charge on any atom is -0.507 e. The molecule has 0 amide bonds. The highest BCUT2D eigenvalue weighted by atomic mass is 35.5. The molecule has 0 aliphatic rings. The van der Waals surface area contributed by atoms with E-state index in [-0.39, 0.29) is 39.7 Å². The predicted molar refractivity (Wildman–Crippen MR) is 140 cm³/mol. The Labute approximate surface area is 224 Å². The Morgan fingerprint density at radius 1 is 0.816 bits per heavy atom. The van der Waals surface area contributed by atoms with Crippen molar-refractivity contribution >= 4 is 23.5 Å². The lowest BCUT2D eigenvalue weighted by Gasteiger charge is -2.21. The van der Waals surface area contributed by atoms with Gasteiger partial charge in [0.05, 0.1) is 16.8 Å². The van der Waals surface area contributed by atoms with Crippen LogP contribution < -0.4 is 14.2 Å². The van der Waals surface area contributed by atoms with Crippen LogP contribution in [-0.4, -0.2) is 27.1 Å². The number of halogens is 1. The number of rotatable bonds is 7. The van der Waals surface area contributed by atoms with Crippen LogP contribution in [0.4, 0.5) is 0 Å². The topological polar surface area (TPSA) is 115 Å². The largest absolute Gasteiger partial charge is 0.507 e. The van der Waals surface area contributed by atoms with Crippen LogP contribution in [0.5, 0.6) is 23.0 Å². The summed E-state index contributed by atoms with van der Waals surface area (Å²) >= 11 is 5.93. The molecule has 8 nitrogen and oxygen atoms in total. The fourth-order valence-electron chi connectivity index (χ4n) is 3.91. The number of benzene rings is 3. The number of ether oxygens (including phenoxy) is 3.